The van der Waals surface area contributed by atoms with E-state index in [2.05, 4.69) is 16.4 Å². The Balaban J connectivity index is 1.36. The van der Waals surface area contributed by atoms with Crippen molar-refractivity contribution in [3.8, 4) is 5.69 Å². The van der Waals surface area contributed by atoms with E-state index in [4.69, 9.17) is 0 Å². The number of anilines is 1. The fraction of sp³-hybridized carbons (Fsp3) is 0.273. The highest BCUT2D eigenvalue weighted by molar-refractivity contribution is 7.99. The standard InChI is InChI=1S/C22H24N4O3S2/c1-17-5-4-6-19(15-17)26-14-11-23-22(26)30-16-21(27)24-18-7-9-20(10-8-18)31(28,29)25-12-2-3-13-25/h4-11,14-15H,2-3,12-13,16H2,1H3,(H,24,27). The molecule has 0 atom stereocenters. The maximum atomic E-state index is 12.6. The number of amides is 1. The highest BCUT2D eigenvalue weighted by Gasteiger charge is 2.26. The predicted molar refractivity (Wildman–Crippen MR) is 122 cm³/mol. The lowest BCUT2D eigenvalue weighted by molar-refractivity contribution is -0.113. The van der Waals surface area contributed by atoms with Crippen LogP contribution in [-0.2, 0) is 14.8 Å². The molecular formula is C22H24N4O3S2. The van der Waals surface area contributed by atoms with E-state index < -0.39 is 10.0 Å². The Bertz CT molecular complexity index is 1170. The first kappa shape index (κ1) is 21.6. The van der Waals surface area contributed by atoms with E-state index >= 15 is 0 Å². The quantitative estimate of drug-likeness (QED) is 0.548. The lowest BCUT2D eigenvalue weighted by Crippen LogP contribution is -2.27. The number of nitrogens with one attached hydrogen (secondary N) is 1. The Labute approximate surface area is 186 Å². The molecule has 31 heavy (non-hydrogen) atoms. The average Bonchev–Trinajstić information content (AvgIpc) is 3.45. The normalized spacial score (nSPS) is 14.6. The number of carbonyl (C=O) groups is 1. The minimum atomic E-state index is -3.45. The van der Waals surface area contributed by atoms with Gasteiger partial charge in [-0.15, -0.1) is 0 Å². The van der Waals surface area contributed by atoms with Gasteiger partial charge in [-0.3, -0.25) is 9.36 Å². The van der Waals surface area contributed by atoms with E-state index in [1.165, 1.54) is 16.1 Å². The first-order valence-electron chi connectivity index (χ1n) is 10.1. The van der Waals surface area contributed by atoms with Crippen LogP contribution < -0.4 is 5.32 Å². The number of nitrogens with zero attached hydrogens (tertiary/aromatic N) is 3. The number of rotatable bonds is 7. The van der Waals surface area contributed by atoms with Gasteiger partial charge in [-0.05, 0) is 61.7 Å². The highest BCUT2D eigenvalue weighted by atomic mass is 32.2. The largest absolute Gasteiger partial charge is 0.325 e. The predicted octanol–water partition coefficient (Wildman–Crippen LogP) is 3.70. The summed E-state index contributed by atoms with van der Waals surface area (Å²) in [5.41, 5.74) is 2.71. The molecule has 0 aliphatic carbocycles. The maximum Gasteiger partial charge on any atom is 0.243 e. The molecule has 1 saturated heterocycles. The summed E-state index contributed by atoms with van der Waals surface area (Å²) >= 11 is 1.34. The number of hydrogen-bond acceptors (Lipinski definition) is 5. The van der Waals surface area contributed by atoms with Crippen LogP contribution in [-0.4, -0.2) is 47.0 Å². The second kappa shape index (κ2) is 9.25. The Hall–Kier alpha value is -2.62. The van der Waals surface area contributed by atoms with Gasteiger partial charge < -0.3 is 5.32 Å². The third kappa shape index (κ3) is 5.00. The second-order valence-corrected chi connectivity index (χ2v) is 10.3. The van der Waals surface area contributed by atoms with E-state index in [1.54, 1.807) is 30.5 Å². The molecule has 0 spiro atoms. The fourth-order valence-electron chi connectivity index (χ4n) is 3.49. The van der Waals surface area contributed by atoms with Gasteiger partial charge in [0.1, 0.15) is 0 Å². The fourth-order valence-corrected chi connectivity index (χ4v) is 5.78. The van der Waals surface area contributed by atoms with Crippen LogP contribution in [0.2, 0.25) is 0 Å². The number of sulfonamides is 1. The molecule has 9 heteroatoms. The molecule has 0 saturated carbocycles. The van der Waals surface area contributed by atoms with Crippen LogP contribution >= 0.6 is 11.8 Å². The van der Waals surface area contributed by atoms with Gasteiger partial charge in [0.25, 0.3) is 0 Å². The summed E-state index contributed by atoms with van der Waals surface area (Å²) in [5.74, 6) is 0.00959. The first-order valence-corrected chi connectivity index (χ1v) is 12.5. The number of imidazole rings is 1. The van der Waals surface area contributed by atoms with E-state index in [0.717, 1.165) is 29.2 Å². The zero-order valence-corrected chi connectivity index (χ0v) is 18.8. The van der Waals surface area contributed by atoms with Crippen LogP contribution in [0.25, 0.3) is 5.69 Å². The molecule has 0 bridgehead atoms. The van der Waals surface area contributed by atoms with E-state index in [9.17, 15) is 13.2 Å². The molecule has 2 aromatic carbocycles. The first-order chi connectivity index (χ1) is 14.9. The molecule has 2 heterocycles. The average molecular weight is 457 g/mol. The molecule has 162 valence electrons. The van der Waals surface area contributed by atoms with Gasteiger partial charge in [0.2, 0.25) is 15.9 Å². The van der Waals surface area contributed by atoms with Crippen molar-refractivity contribution in [2.75, 3.05) is 24.2 Å². The number of hydrogen-bond donors (Lipinski definition) is 1. The Kier molecular flexibility index (Phi) is 6.45. The van der Waals surface area contributed by atoms with Gasteiger partial charge in [-0.25, -0.2) is 13.4 Å². The van der Waals surface area contributed by atoms with Crippen molar-refractivity contribution < 1.29 is 13.2 Å². The van der Waals surface area contributed by atoms with Crippen molar-refractivity contribution in [3.05, 3.63) is 66.5 Å². The molecule has 4 rings (SSSR count). The van der Waals surface area contributed by atoms with Crippen molar-refractivity contribution in [2.24, 2.45) is 0 Å². The number of aromatic nitrogens is 2. The van der Waals surface area contributed by atoms with Crippen molar-refractivity contribution in [1.82, 2.24) is 13.9 Å². The molecule has 1 aliphatic rings. The van der Waals surface area contributed by atoms with Crippen LogP contribution in [0.15, 0.2) is 71.0 Å². The van der Waals surface area contributed by atoms with Crippen LogP contribution in [0.3, 0.4) is 0 Å². The van der Waals surface area contributed by atoms with Gasteiger partial charge >= 0.3 is 0 Å². The van der Waals surface area contributed by atoms with Crippen LogP contribution in [0, 0.1) is 6.92 Å². The minimum absolute atomic E-state index is 0.182. The summed E-state index contributed by atoms with van der Waals surface area (Å²) < 4.78 is 28.7. The molecular weight excluding hydrogens is 432 g/mol. The zero-order chi connectivity index (χ0) is 21.8. The van der Waals surface area contributed by atoms with Crippen LogP contribution in [0.4, 0.5) is 5.69 Å². The Morgan fingerprint density at radius 2 is 1.87 bits per heavy atom. The number of benzene rings is 2. The number of carbonyl (C=O) groups excluding carboxylic acids is 1. The van der Waals surface area contributed by atoms with Crippen molar-refractivity contribution in [1.29, 1.82) is 0 Å². The molecule has 7 nitrogen and oxygen atoms in total. The summed E-state index contributed by atoms with van der Waals surface area (Å²) in [6.45, 7) is 3.16. The second-order valence-electron chi connectivity index (χ2n) is 7.39. The molecule has 1 N–H and O–H groups in total. The van der Waals surface area contributed by atoms with Gasteiger partial charge in [-0.1, -0.05) is 23.9 Å². The third-order valence-electron chi connectivity index (χ3n) is 5.06. The molecule has 3 aromatic rings. The Morgan fingerprint density at radius 1 is 1.13 bits per heavy atom. The maximum absolute atomic E-state index is 12.6. The van der Waals surface area contributed by atoms with Gasteiger partial charge in [0.15, 0.2) is 5.16 Å². The summed E-state index contributed by atoms with van der Waals surface area (Å²) in [5, 5.41) is 3.55. The van der Waals surface area contributed by atoms with E-state index in [-0.39, 0.29) is 16.6 Å². The van der Waals surface area contributed by atoms with Crippen LogP contribution in [0.1, 0.15) is 18.4 Å². The van der Waals surface area contributed by atoms with Crippen molar-refractivity contribution in [3.63, 3.8) is 0 Å². The Morgan fingerprint density at radius 3 is 2.58 bits per heavy atom. The van der Waals surface area contributed by atoms with Crippen molar-refractivity contribution in [2.45, 2.75) is 29.8 Å². The number of thioether (sulfide) groups is 1. The van der Waals surface area contributed by atoms with Gasteiger partial charge in [0.05, 0.1) is 10.6 Å². The minimum Gasteiger partial charge on any atom is -0.325 e. The summed E-state index contributed by atoms with van der Waals surface area (Å²) in [6, 6.07) is 14.4. The van der Waals surface area contributed by atoms with E-state index in [1.807, 2.05) is 35.9 Å². The SMILES string of the molecule is Cc1cccc(-n2ccnc2SCC(=O)Nc2ccc(S(=O)(=O)N3CCCC3)cc2)c1. The number of aryl methyl sites for hydroxylation is 1. The summed E-state index contributed by atoms with van der Waals surface area (Å²) in [6.07, 6.45) is 5.37. The third-order valence-corrected chi connectivity index (χ3v) is 7.94. The van der Waals surface area contributed by atoms with Crippen LogP contribution in [0.5, 0.6) is 0 Å². The molecule has 0 radical (unpaired) electrons. The molecule has 1 aliphatic heterocycles. The molecule has 1 amide bonds. The highest BCUT2D eigenvalue weighted by Crippen LogP contribution is 2.23. The van der Waals surface area contributed by atoms with Crippen molar-refractivity contribution >= 4 is 33.4 Å². The summed E-state index contributed by atoms with van der Waals surface area (Å²) in [7, 11) is -3.45. The lowest BCUT2D eigenvalue weighted by Gasteiger charge is -2.15. The monoisotopic (exact) mass is 456 g/mol. The van der Waals surface area contributed by atoms with Gasteiger partial charge in [0, 0.05) is 36.9 Å². The molecule has 0 unspecified atom stereocenters. The molecule has 1 fully saturated rings. The topological polar surface area (TPSA) is 84.3 Å². The summed E-state index contributed by atoms with van der Waals surface area (Å²) in [4.78, 5) is 17.0. The smallest absolute Gasteiger partial charge is 0.243 e. The zero-order valence-electron chi connectivity index (χ0n) is 17.2. The lowest BCUT2D eigenvalue weighted by atomic mass is 10.2. The van der Waals surface area contributed by atoms with E-state index in [0.29, 0.717) is 18.8 Å². The molecule has 1 aromatic heterocycles. The van der Waals surface area contributed by atoms with Gasteiger partial charge in [-0.2, -0.15) is 4.31 Å².